The number of nitrogen functional groups attached to an aromatic ring is 1. The van der Waals surface area contributed by atoms with Gasteiger partial charge in [-0.15, -0.1) is 0 Å². The van der Waals surface area contributed by atoms with Gasteiger partial charge < -0.3 is 5.73 Å². The fraction of sp³-hybridized carbons (Fsp3) is 0.0833. The maximum Gasteiger partial charge on any atom is 0.290 e. The van der Waals surface area contributed by atoms with Crippen molar-refractivity contribution in [2.75, 3.05) is 17.1 Å². The Balaban J connectivity index is 2.59. The summed E-state index contributed by atoms with van der Waals surface area (Å²) in [6, 6.07) is 6.51. The highest BCUT2D eigenvalue weighted by molar-refractivity contribution is 7.93. The average Bonchev–Trinajstić information content (AvgIpc) is 2.47. The quantitative estimate of drug-likeness (QED) is 0.518. The first-order valence-corrected chi connectivity index (χ1v) is 7.21. The molecule has 0 spiro atoms. The van der Waals surface area contributed by atoms with Gasteiger partial charge in [-0.3, -0.25) is 19.4 Å². The van der Waals surface area contributed by atoms with E-state index in [9.17, 15) is 18.5 Å². The summed E-state index contributed by atoms with van der Waals surface area (Å²) in [6.07, 6.45) is 2.84. The molecule has 2 aromatic rings. The first-order valence-electron chi connectivity index (χ1n) is 5.77. The van der Waals surface area contributed by atoms with Crippen LogP contribution < -0.4 is 10.0 Å². The Hall–Kier alpha value is -2.68. The minimum atomic E-state index is -4.12. The lowest BCUT2D eigenvalue weighted by Gasteiger charge is -2.19. The number of anilines is 2. The van der Waals surface area contributed by atoms with Crippen LogP contribution in [-0.4, -0.2) is 25.4 Å². The Morgan fingerprint density at radius 1 is 1.33 bits per heavy atom. The van der Waals surface area contributed by atoms with Gasteiger partial charge in [0.2, 0.25) is 0 Å². The number of hydrogen-bond donors (Lipinski definition) is 1. The number of sulfonamides is 1. The molecule has 21 heavy (non-hydrogen) atoms. The summed E-state index contributed by atoms with van der Waals surface area (Å²) >= 11 is 0. The molecule has 0 aliphatic carbocycles. The molecule has 110 valence electrons. The highest BCUT2D eigenvalue weighted by atomic mass is 32.2. The van der Waals surface area contributed by atoms with Crippen LogP contribution in [0.4, 0.5) is 17.1 Å². The zero-order valence-corrected chi connectivity index (χ0v) is 11.8. The Kier molecular flexibility index (Phi) is 3.76. The lowest BCUT2D eigenvalue weighted by atomic mass is 10.3. The van der Waals surface area contributed by atoms with E-state index in [4.69, 9.17) is 5.73 Å². The van der Waals surface area contributed by atoms with Gasteiger partial charge in [0.05, 0.1) is 16.8 Å². The van der Waals surface area contributed by atoms with E-state index < -0.39 is 25.5 Å². The molecule has 0 saturated carbocycles. The Bertz CT molecular complexity index is 777. The summed E-state index contributed by atoms with van der Waals surface area (Å²) in [4.78, 5) is 13.6. The number of hydrogen-bond acceptors (Lipinski definition) is 6. The standard InChI is InChI=1S/C12H12N4O4S/c1-15(10-3-2-6-14-8-10)21(19,20)12-7-9(13)4-5-11(12)16(17)18/h2-8H,13H2,1H3. The van der Waals surface area contributed by atoms with Gasteiger partial charge in [-0.05, 0) is 24.3 Å². The fourth-order valence-corrected chi connectivity index (χ4v) is 3.09. The summed E-state index contributed by atoms with van der Waals surface area (Å²) in [5.41, 5.74) is 5.43. The Labute approximate surface area is 121 Å². The SMILES string of the molecule is CN(c1cccnc1)S(=O)(=O)c1cc(N)ccc1[N+](=O)[O-]. The minimum absolute atomic E-state index is 0.124. The van der Waals surface area contributed by atoms with Crippen LogP contribution in [0.25, 0.3) is 0 Å². The van der Waals surface area contributed by atoms with Crippen LogP contribution in [0.15, 0.2) is 47.6 Å². The molecule has 1 aromatic carbocycles. The smallest absolute Gasteiger partial charge is 0.290 e. The molecular weight excluding hydrogens is 296 g/mol. The van der Waals surface area contributed by atoms with Crippen LogP contribution in [0, 0.1) is 10.1 Å². The maximum atomic E-state index is 12.5. The van der Waals surface area contributed by atoms with Crippen molar-refractivity contribution >= 4 is 27.1 Å². The second-order valence-corrected chi connectivity index (χ2v) is 6.11. The Morgan fingerprint density at radius 3 is 2.62 bits per heavy atom. The summed E-state index contributed by atoms with van der Waals surface area (Å²) in [5, 5.41) is 11.0. The highest BCUT2D eigenvalue weighted by Crippen LogP contribution is 2.30. The highest BCUT2D eigenvalue weighted by Gasteiger charge is 2.30. The van der Waals surface area contributed by atoms with Crippen molar-refractivity contribution in [2.24, 2.45) is 0 Å². The fourth-order valence-electron chi connectivity index (χ4n) is 1.71. The molecule has 0 amide bonds. The van der Waals surface area contributed by atoms with Crippen LogP contribution in [-0.2, 0) is 10.0 Å². The van der Waals surface area contributed by atoms with Gasteiger partial charge in [0.25, 0.3) is 15.7 Å². The molecule has 9 heteroatoms. The second kappa shape index (κ2) is 5.37. The zero-order valence-electron chi connectivity index (χ0n) is 11.0. The summed E-state index contributed by atoms with van der Waals surface area (Å²) in [5.74, 6) is 0. The van der Waals surface area contributed by atoms with Crippen molar-refractivity contribution in [2.45, 2.75) is 4.90 Å². The van der Waals surface area contributed by atoms with Crippen LogP contribution in [0.1, 0.15) is 0 Å². The van der Waals surface area contributed by atoms with Crippen molar-refractivity contribution in [1.29, 1.82) is 0 Å². The van der Waals surface area contributed by atoms with Gasteiger partial charge in [-0.1, -0.05) is 0 Å². The van der Waals surface area contributed by atoms with Crippen molar-refractivity contribution in [1.82, 2.24) is 4.98 Å². The monoisotopic (exact) mass is 308 g/mol. The Morgan fingerprint density at radius 2 is 2.05 bits per heavy atom. The molecule has 0 atom stereocenters. The number of nitrogens with two attached hydrogens (primary N) is 1. The normalized spacial score (nSPS) is 11.1. The van der Waals surface area contributed by atoms with E-state index in [1.807, 2.05) is 0 Å². The number of nitrogens with zero attached hydrogens (tertiary/aromatic N) is 3. The molecule has 0 unspecified atom stereocenters. The lowest BCUT2D eigenvalue weighted by molar-refractivity contribution is -0.387. The minimum Gasteiger partial charge on any atom is -0.399 e. The number of aromatic nitrogens is 1. The van der Waals surface area contributed by atoms with Gasteiger partial charge in [-0.2, -0.15) is 0 Å². The van der Waals surface area contributed by atoms with Crippen molar-refractivity contribution in [3.8, 4) is 0 Å². The molecule has 2 N–H and O–H groups in total. The molecule has 0 aliphatic heterocycles. The predicted octanol–water partition coefficient (Wildman–Crippen LogP) is 1.40. The largest absolute Gasteiger partial charge is 0.399 e. The molecular formula is C12H12N4O4S. The third kappa shape index (κ3) is 2.77. The third-order valence-electron chi connectivity index (χ3n) is 2.83. The number of nitro benzene ring substituents is 1. The van der Waals surface area contributed by atoms with Gasteiger partial charge >= 0.3 is 0 Å². The van der Waals surface area contributed by atoms with Crippen molar-refractivity contribution in [3.63, 3.8) is 0 Å². The zero-order chi connectivity index (χ0) is 15.6. The molecule has 1 aromatic heterocycles. The summed E-state index contributed by atoms with van der Waals surface area (Å²) < 4.78 is 26.0. The van der Waals surface area contributed by atoms with Gasteiger partial charge in [0.1, 0.15) is 0 Å². The average molecular weight is 308 g/mol. The van der Waals surface area contributed by atoms with Crippen LogP contribution in [0.3, 0.4) is 0 Å². The molecule has 1 heterocycles. The first kappa shape index (κ1) is 14.7. The van der Waals surface area contributed by atoms with E-state index >= 15 is 0 Å². The van der Waals surface area contributed by atoms with Crippen molar-refractivity contribution < 1.29 is 13.3 Å². The van der Waals surface area contributed by atoms with Crippen molar-refractivity contribution in [3.05, 3.63) is 52.8 Å². The number of pyridine rings is 1. The third-order valence-corrected chi connectivity index (χ3v) is 4.64. The molecule has 0 bridgehead atoms. The molecule has 8 nitrogen and oxygen atoms in total. The summed E-state index contributed by atoms with van der Waals surface area (Å²) in [6.45, 7) is 0. The number of nitro groups is 1. The molecule has 0 radical (unpaired) electrons. The molecule has 2 rings (SSSR count). The molecule has 0 fully saturated rings. The second-order valence-electron chi connectivity index (χ2n) is 4.17. The number of benzene rings is 1. The first-order chi connectivity index (χ1) is 9.84. The lowest BCUT2D eigenvalue weighted by Crippen LogP contribution is -2.27. The van der Waals surface area contributed by atoms with Gasteiger partial charge in [0, 0.05) is 25.0 Å². The van der Waals surface area contributed by atoms with E-state index in [-0.39, 0.29) is 11.4 Å². The van der Waals surface area contributed by atoms with Gasteiger partial charge in [0.15, 0.2) is 4.90 Å². The van der Waals surface area contributed by atoms with E-state index in [0.29, 0.717) is 0 Å². The van der Waals surface area contributed by atoms with E-state index in [1.165, 1.54) is 31.6 Å². The predicted molar refractivity (Wildman–Crippen MR) is 77.3 cm³/mol. The van der Waals surface area contributed by atoms with E-state index in [1.54, 1.807) is 6.07 Å². The molecule has 0 saturated heterocycles. The van der Waals surface area contributed by atoms with E-state index in [0.717, 1.165) is 16.4 Å². The summed E-state index contributed by atoms with van der Waals surface area (Å²) in [7, 11) is -2.83. The van der Waals surface area contributed by atoms with Gasteiger partial charge in [-0.25, -0.2) is 8.42 Å². The van der Waals surface area contributed by atoms with Crippen LogP contribution >= 0.6 is 0 Å². The maximum absolute atomic E-state index is 12.5. The van der Waals surface area contributed by atoms with E-state index in [2.05, 4.69) is 4.98 Å². The molecule has 0 aliphatic rings. The van der Waals surface area contributed by atoms with Crippen LogP contribution in [0.5, 0.6) is 0 Å². The number of rotatable bonds is 4. The van der Waals surface area contributed by atoms with Crippen LogP contribution in [0.2, 0.25) is 0 Å². The topological polar surface area (TPSA) is 119 Å².